The van der Waals surface area contributed by atoms with Gasteiger partial charge in [-0.15, -0.1) is 0 Å². The molecule has 0 saturated heterocycles. The third kappa shape index (κ3) is 3.27. The van der Waals surface area contributed by atoms with E-state index in [0.717, 1.165) is 24.7 Å². The summed E-state index contributed by atoms with van der Waals surface area (Å²) >= 11 is 0. The predicted molar refractivity (Wildman–Crippen MR) is 59.2 cm³/mol. The first kappa shape index (κ1) is 10.5. The standard InChI is InChI=1S/C13H24O/c1-13(14,10-12-7-8-12)9-11-5-3-2-4-6-11/h11-12,14H,2-10H2,1H3. The van der Waals surface area contributed by atoms with E-state index in [1.807, 2.05) is 0 Å². The molecule has 2 aliphatic carbocycles. The molecule has 0 aliphatic heterocycles. The van der Waals surface area contributed by atoms with Gasteiger partial charge in [-0.2, -0.15) is 0 Å². The highest BCUT2D eigenvalue weighted by Crippen LogP contribution is 2.40. The summed E-state index contributed by atoms with van der Waals surface area (Å²) in [6.45, 7) is 2.06. The molecule has 0 radical (unpaired) electrons. The summed E-state index contributed by atoms with van der Waals surface area (Å²) in [4.78, 5) is 0. The Labute approximate surface area is 87.9 Å². The zero-order chi connectivity index (χ0) is 10.0. The Morgan fingerprint density at radius 2 is 1.43 bits per heavy atom. The van der Waals surface area contributed by atoms with E-state index < -0.39 is 0 Å². The second-order valence-corrected chi connectivity index (χ2v) is 5.85. The first-order valence-corrected chi connectivity index (χ1v) is 6.38. The minimum atomic E-state index is -0.358. The first-order chi connectivity index (χ1) is 6.66. The number of hydrogen-bond acceptors (Lipinski definition) is 1. The van der Waals surface area contributed by atoms with Gasteiger partial charge >= 0.3 is 0 Å². The molecule has 2 fully saturated rings. The summed E-state index contributed by atoms with van der Waals surface area (Å²) in [5.74, 6) is 1.67. The Balaban J connectivity index is 1.75. The molecule has 2 saturated carbocycles. The van der Waals surface area contributed by atoms with E-state index in [1.165, 1.54) is 44.9 Å². The lowest BCUT2D eigenvalue weighted by Gasteiger charge is -2.30. The fraction of sp³-hybridized carbons (Fsp3) is 1.00. The maximum absolute atomic E-state index is 10.3. The van der Waals surface area contributed by atoms with Crippen molar-refractivity contribution in [2.24, 2.45) is 11.8 Å². The Morgan fingerprint density at radius 3 is 1.93 bits per heavy atom. The molecule has 1 heteroatoms. The topological polar surface area (TPSA) is 20.2 Å². The minimum Gasteiger partial charge on any atom is -0.390 e. The molecule has 1 nitrogen and oxygen atoms in total. The molecule has 2 rings (SSSR count). The normalized spacial score (nSPS) is 28.7. The van der Waals surface area contributed by atoms with E-state index >= 15 is 0 Å². The van der Waals surface area contributed by atoms with Crippen molar-refractivity contribution >= 4 is 0 Å². The molecule has 82 valence electrons. The van der Waals surface area contributed by atoms with Crippen LogP contribution in [0.25, 0.3) is 0 Å². The molecule has 1 atom stereocenters. The molecule has 14 heavy (non-hydrogen) atoms. The van der Waals surface area contributed by atoms with Crippen molar-refractivity contribution in [1.29, 1.82) is 0 Å². The van der Waals surface area contributed by atoms with Gasteiger partial charge in [0.1, 0.15) is 0 Å². The molecule has 0 amide bonds. The van der Waals surface area contributed by atoms with Crippen LogP contribution in [-0.2, 0) is 0 Å². The van der Waals surface area contributed by atoms with Crippen LogP contribution in [0.2, 0.25) is 0 Å². The summed E-state index contributed by atoms with van der Waals surface area (Å²) in [7, 11) is 0. The quantitative estimate of drug-likeness (QED) is 0.729. The van der Waals surface area contributed by atoms with E-state index in [-0.39, 0.29) is 5.60 Å². The molecular formula is C13H24O. The first-order valence-electron chi connectivity index (χ1n) is 6.38. The largest absolute Gasteiger partial charge is 0.390 e. The summed E-state index contributed by atoms with van der Waals surface area (Å²) in [5, 5.41) is 10.3. The van der Waals surface area contributed by atoms with Gasteiger partial charge in [0.05, 0.1) is 5.60 Å². The third-order valence-corrected chi connectivity index (χ3v) is 3.88. The van der Waals surface area contributed by atoms with E-state index in [1.54, 1.807) is 0 Å². The molecule has 2 aliphatic rings. The summed E-state index contributed by atoms with van der Waals surface area (Å²) < 4.78 is 0. The lowest BCUT2D eigenvalue weighted by atomic mass is 9.80. The highest BCUT2D eigenvalue weighted by Gasteiger charge is 2.33. The van der Waals surface area contributed by atoms with Gasteiger partial charge in [-0.3, -0.25) is 0 Å². The van der Waals surface area contributed by atoms with Crippen LogP contribution in [0.15, 0.2) is 0 Å². The van der Waals surface area contributed by atoms with Crippen molar-refractivity contribution in [3.05, 3.63) is 0 Å². The highest BCUT2D eigenvalue weighted by molar-refractivity contribution is 4.86. The SMILES string of the molecule is CC(O)(CC1CCCCC1)CC1CC1. The highest BCUT2D eigenvalue weighted by atomic mass is 16.3. The van der Waals surface area contributed by atoms with Gasteiger partial charge in [0, 0.05) is 0 Å². The van der Waals surface area contributed by atoms with Gasteiger partial charge in [-0.25, -0.2) is 0 Å². The van der Waals surface area contributed by atoms with E-state index in [2.05, 4.69) is 6.92 Å². The van der Waals surface area contributed by atoms with Crippen LogP contribution in [0.3, 0.4) is 0 Å². The Bertz CT molecular complexity index is 176. The van der Waals surface area contributed by atoms with Crippen molar-refractivity contribution in [3.63, 3.8) is 0 Å². The van der Waals surface area contributed by atoms with Gasteiger partial charge in [-0.1, -0.05) is 44.9 Å². The summed E-state index contributed by atoms with van der Waals surface area (Å²) in [6.07, 6.45) is 11.8. The van der Waals surface area contributed by atoms with Crippen LogP contribution in [0.5, 0.6) is 0 Å². The monoisotopic (exact) mass is 196 g/mol. The maximum Gasteiger partial charge on any atom is 0.0625 e. The Hall–Kier alpha value is -0.0400. The second-order valence-electron chi connectivity index (χ2n) is 5.85. The average Bonchev–Trinajstić information content (AvgIpc) is 2.88. The van der Waals surface area contributed by atoms with Crippen LogP contribution < -0.4 is 0 Å². The van der Waals surface area contributed by atoms with Crippen LogP contribution >= 0.6 is 0 Å². The van der Waals surface area contributed by atoms with Gasteiger partial charge in [0.15, 0.2) is 0 Å². The van der Waals surface area contributed by atoms with Crippen molar-refractivity contribution in [1.82, 2.24) is 0 Å². The van der Waals surface area contributed by atoms with Crippen LogP contribution in [-0.4, -0.2) is 10.7 Å². The predicted octanol–water partition coefficient (Wildman–Crippen LogP) is 3.51. The molecule has 0 spiro atoms. The van der Waals surface area contributed by atoms with Gasteiger partial charge < -0.3 is 5.11 Å². The van der Waals surface area contributed by atoms with E-state index in [4.69, 9.17) is 0 Å². The smallest absolute Gasteiger partial charge is 0.0625 e. The van der Waals surface area contributed by atoms with Crippen LogP contribution in [0.4, 0.5) is 0 Å². The Kier molecular flexibility index (Phi) is 3.16. The molecular weight excluding hydrogens is 172 g/mol. The second kappa shape index (κ2) is 4.22. The zero-order valence-corrected chi connectivity index (χ0v) is 9.47. The maximum atomic E-state index is 10.3. The molecule has 1 unspecified atom stereocenters. The van der Waals surface area contributed by atoms with Crippen molar-refractivity contribution in [2.75, 3.05) is 0 Å². The third-order valence-electron chi connectivity index (χ3n) is 3.88. The number of rotatable bonds is 4. The van der Waals surface area contributed by atoms with Gasteiger partial charge in [-0.05, 0) is 31.6 Å². The number of hydrogen-bond donors (Lipinski definition) is 1. The minimum absolute atomic E-state index is 0.358. The van der Waals surface area contributed by atoms with E-state index in [9.17, 15) is 5.11 Å². The fourth-order valence-electron chi connectivity index (χ4n) is 3.04. The van der Waals surface area contributed by atoms with Crippen LogP contribution in [0.1, 0.15) is 64.7 Å². The average molecular weight is 196 g/mol. The fourth-order valence-corrected chi connectivity index (χ4v) is 3.04. The van der Waals surface area contributed by atoms with E-state index in [0.29, 0.717) is 0 Å². The van der Waals surface area contributed by atoms with Crippen molar-refractivity contribution < 1.29 is 5.11 Å². The van der Waals surface area contributed by atoms with Gasteiger partial charge in [0.2, 0.25) is 0 Å². The molecule has 1 N–H and O–H groups in total. The lowest BCUT2D eigenvalue weighted by Crippen LogP contribution is -2.29. The van der Waals surface area contributed by atoms with Crippen molar-refractivity contribution in [3.8, 4) is 0 Å². The molecule has 0 bridgehead atoms. The van der Waals surface area contributed by atoms with Crippen molar-refractivity contribution in [2.45, 2.75) is 70.3 Å². The molecule has 0 aromatic heterocycles. The summed E-state index contributed by atoms with van der Waals surface area (Å²) in [5.41, 5.74) is -0.358. The lowest BCUT2D eigenvalue weighted by molar-refractivity contribution is 0.0147. The molecule has 0 heterocycles. The zero-order valence-electron chi connectivity index (χ0n) is 9.47. The molecule has 0 aromatic rings. The summed E-state index contributed by atoms with van der Waals surface area (Å²) in [6, 6.07) is 0. The molecule has 0 aromatic carbocycles. The Morgan fingerprint density at radius 1 is 0.929 bits per heavy atom. The van der Waals surface area contributed by atoms with Crippen LogP contribution in [0, 0.1) is 11.8 Å². The van der Waals surface area contributed by atoms with Gasteiger partial charge in [0.25, 0.3) is 0 Å². The number of aliphatic hydroxyl groups is 1.